The number of rotatable bonds is 4. The third-order valence-corrected chi connectivity index (χ3v) is 3.13. The van der Waals surface area contributed by atoms with E-state index in [1.54, 1.807) is 0 Å². The molecule has 1 atom stereocenters. The van der Waals surface area contributed by atoms with Crippen LogP contribution < -0.4 is 5.32 Å². The largest absolute Gasteiger partial charge is 0.478 e. The monoisotopic (exact) mass is 266 g/mol. The van der Waals surface area contributed by atoms with Gasteiger partial charge in [-0.1, -0.05) is 0 Å². The summed E-state index contributed by atoms with van der Waals surface area (Å²) in [5.74, 6) is -1.32. The summed E-state index contributed by atoms with van der Waals surface area (Å²) in [5.41, 5.74) is 0.0696. The van der Waals surface area contributed by atoms with Crippen LogP contribution in [0.5, 0.6) is 0 Å². The second-order valence-corrected chi connectivity index (χ2v) is 4.33. The standard InChI is InChI=1S/C12H14N2O5/c1-14-10(15)3-2-8(11(14)16)13-6-9-7(12(17)18)4-5-19-9/h4-5,8,13H,2-3,6H2,1H3,(H,17,18). The highest BCUT2D eigenvalue weighted by atomic mass is 16.4. The first-order valence-corrected chi connectivity index (χ1v) is 5.84. The summed E-state index contributed by atoms with van der Waals surface area (Å²) in [6.07, 6.45) is 1.99. The number of imide groups is 1. The number of aromatic carboxylic acids is 1. The van der Waals surface area contributed by atoms with E-state index in [0.717, 1.165) is 4.90 Å². The number of carbonyl (C=O) groups excluding carboxylic acids is 2. The number of furan rings is 1. The SMILES string of the molecule is CN1C(=O)CCC(NCc2occc2C(=O)O)C1=O. The van der Waals surface area contributed by atoms with Crippen LogP contribution in [0.15, 0.2) is 16.7 Å². The molecule has 1 saturated heterocycles. The van der Waals surface area contributed by atoms with Crippen LogP contribution in [-0.4, -0.2) is 40.9 Å². The van der Waals surface area contributed by atoms with E-state index in [0.29, 0.717) is 12.8 Å². The van der Waals surface area contributed by atoms with Crippen LogP contribution in [0, 0.1) is 0 Å². The van der Waals surface area contributed by atoms with Crippen molar-refractivity contribution < 1.29 is 23.9 Å². The Kier molecular flexibility index (Phi) is 3.66. The summed E-state index contributed by atoms with van der Waals surface area (Å²) >= 11 is 0. The number of hydrogen-bond donors (Lipinski definition) is 2. The normalized spacial score (nSPS) is 19.8. The lowest BCUT2D eigenvalue weighted by molar-refractivity contribution is -0.148. The second-order valence-electron chi connectivity index (χ2n) is 4.33. The molecular formula is C12H14N2O5. The Morgan fingerprint density at radius 2 is 2.32 bits per heavy atom. The predicted octanol–water partition coefficient (Wildman–Crippen LogP) is 0.215. The summed E-state index contributed by atoms with van der Waals surface area (Å²) in [6.45, 7) is 0.132. The zero-order valence-corrected chi connectivity index (χ0v) is 10.4. The zero-order valence-electron chi connectivity index (χ0n) is 10.4. The summed E-state index contributed by atoms with van der Waals surface area (Å²) < 4.78 is 5.07. The van der Waals surface area contributed by atoms with Gasteiger partial charge in [0.1, 0.15) is 11.3 Å². The van der Waals surface area contributed by atoms with Crippen molar-refractivity contribution in [1.29, 1.82) is 0 Å². The molecule has 0 aromatic carbocycles. The fourth-order valence-corrected chi connectivity index (χ4v) is 1.99. The summed E-state index contributed by atoms with van der Waals surface area (Å²) in [7, 11) is 1.44. The molecule has 1 aromatic rings. The van der Waals surface area contributed by atoms with Crippen LogP contribution >= 0.6 is 0 Å². The Morgan fingerprint density at radius 1 is 1.58 bits per heavy atom. The third-order valence-electron chi connectivity index (χ3n) is 3.13. The number of carboxylic acids is 1. The van der Waals surface area contributed by atoms with E-state index < -0.39 is 12.0 Å². The van der Waals surface area contributed by atoms with E-state index >= 15 is 0 Å². The first-order chi connectivity index (χ1) is 9.00. The molecule has 2 N–H and O–H groups in total. The highest BCUT2D eigenvalue weighted by Gasteiger charge is 2.31. The van der Waals surface area contributed by atoms with Gasteiger partial charge in [-0.2, -0.15) is 0 Å². The van der Waals surface area contributed by atoms with Crippen LogP contribution in [0.1, 0.15) is 29.0 Å². The molecule has 0 radical (unpaired) electrons. The Hall–Kier alpha value is -2.15. The molecule has 2 heterocycles. The molecule has 19 heavy (non-hydrogen) atoms. The quantitative estimate of drug-likeness (QED) is 0.756. The van der Waals surface area contributed by atoms with Crippen LogP contribution in [0.2, 0.25) is 0 Å². The number of amides is 2. The molecule has 0 spiro atoms. The Balaban J connectivity index is 1.99. The van der Waals surface area contributed by atoms with Gasteiger partial charge in [0.25, 0.3) is 0 Å². The van der Waals surface area contributed by atoms with Gasteiger partial charge in [-0.15, -0.1) is 0 Å². The number of carboxylic acid groups (broad SMARTS) is 1. The molecule has 2 rings (SSSR count). The van der Waals surface area contributed by atoms with Crippen LogP contribution in [0.3, 0.4) is 0 Å². The minimum atomic E-state index is -1.08. The molecule has 102 valence electrons. The van der Waals surface area contributed by atoms with Crippen molar-refractivity contribution in [3.05, 3.63) is 23.7 Å². The summed E-state index contributed by atoms with van der Waals surface area (Å²) in [5, 5.41) is 11.8. The topological polar surface area (TPSA) is 99.8 Å². The highest BCUT2D eigenvalue weighted by Crippen LogP contribution is 2.14. The van der Waals surface area contributed by atoms with Crippen molar-refractivity contribution in [3.63, 3.8) is 0 Å². The van der Waals surface area contributed by atoms with Crippen molar-refractivity contribution in [2.75, 3.05) is 7.05 Å². The van der Waals surface area contributed by atoms with Gasteiger partial charge in [-0.05, 0) is 12.5 Å². The smallest absolute Gasteiger partial charge is 0.339 e. The van der Waals surface area contributed by atoms with Crippen LogP contribution in [0.25, 0.3) is 0 Å². The molecule has 0 saturated carbocycles. The lowest BCUT2D eigenvalue weighted by atomic mass is 10.0. The first-order valence-electron chi connectivity index (χ1n) is 5.84. The first kappa shape index (κ1) is 13.3. The van der Waals surface area contributed by atoms with Crippen LogP contribution in [-0.2, 0) is 16.1 Å². The fraction of sp³-hybridized carbons (Fsp3) is 0.417. The van der Waals surface area contributed by atoms with Gasteiger partial charge in [0, 0.05) is 13.5 Å². The van der Waals surface area contributed by atoms with Crippen LogP contribution in [0.4, 0.5) is 0 Å². The zero-order chi connectivity index (χ0) is 14.0. The van der Waals surface area contributed by atoms with Gasteiger partial charge in [-0.3, -0.25) is 19.8 Å². The van der Waals surface area contributed by atoms with Crippen molar-refractivity contribution in [2.24, 2.45) is 0 Å². The maximum absolute atomic E-state index is 11.8. The van der Waals surface area contributed by atoms with Crippen molar-refractivity contribution in [1.82, 2.24) is 10.2 Å². The molecule has 1 aliphatic rings. The minimum Gasteiger partial charge on any atom is -0.478 e. The maximum Gasteiger partial charge on any atom is 0.339 e. The average Bonchev–Trinajstić information content (AvgIpc) is 2.84. The third kappa shape index (κ3) is 2.65. The van der Waals surface area contributed by atoms with Gasteiger partial charge >= 0.3 is 5.97 Å². The molecule has 2 amide bonds. The number of nitrogens with one attached hydrogen (secondary N) is 1. The molecule has 0 aliphatic carbocycles. The molecule has 1 aromatic heterocycles. The van der Waals surface area contributed by atoms with Gasteiger partial charge in [-0.25, -0.2) is 4.79 Å². The Bertz CT molecular complexity index is 522. The highest BCUT2D eigenvalue weighted by molar-refractivity contribution is 6.00. The van der Waals surface area contributed by atoms with E-state index in [9.17, 15) is 14.4 Å². The lowest BCUT2D eigenvalue weighted by Gasteiger charge is -2.28. The second kappa shape index (κ2) is 5.23. The molecule has 7 heteroatoms. The summed E-state index contributed by atoms with van der Waals surface area (Å²) in [6, 6.07) is 0.868. The molecule has 0 bridgehead atoms. The van der Waals surface area contributed by atoms with Gasteiger partial charge in [0.05, 0.1) is 18.8 Å². The fourth-order valence-electron chi connectivity index (χ4n) is 1.99. The van der Waals surface area contributed by atoms with E-state index in [4.69, 9.17) is 9.52 Å². The maximum atomic E-state index is 11.8. The molecular weight excluding hydrogens is 252 g/mol. The molecule has 1 fully saturated rings. The lowest BCUT2D eigenvalue weighted by Crippen LogP contribution is -2.51. The predicted molar refractivity (Wildman–Crippen MR) is 63.3 cm³/mol. The van der Waals surface area contributed by atoms with Gasteiger partial charge in [0.15, 0.2) is 0 Å². The van der Waals surface area contributed by atoms with E-state index in [1.165, 1.54) is 19.4 Å². The number of hydrogen-bond acceptors (Lipinski definition) is 5. The van der Waals surface area contributed by atoms with Crippen molar-refractivity contribution >= 4 is 17.8 Å². The Morgan fingerprint density at radius 3 is 3.00 bits per heavy atom. The van der Waals surface area contributed by atoms with E-state index in [2.05, 4.69) is 5.32 Å². The number of nitrogens with zero attached hydrogens (tertiary/aromatic N) is 1. The number of likely N-dealkylation sites (tertiary alicyclic amines) is 1. The molecule has 1 unspecified atom stereocenters. The van der Waals surface area contributed by atoms with Gasteiger partial charge < -0.3 is 9.52 Å². The summed E-state index contributed by atoms with van der Waals surface area (Å²) in [4.78, 5) is 35.1. The number of carbonyl (C=O) groups is 3. The van der Waals surface area contributed by atoms with Crippen molar-refractivity contribution in [2.45, 2.75) is 25.4 Å². The average molecular weight is 266 g/mol. The van der Waals surface area contributed by atoms with E-state index in [-0.39, 0.29) is 29.7 Å². The van der Waals surface area contributed by atoms with Gasteiger partial charge in [0.2, 0.25) is 11.8 Å². The minimum absolute atomic E-state index is 0.0696. The Labute approximate surface area is 109 Å². The van der Waals surface area contributed by atoms with Crippen molar-refractivity contribution in [3.8, 4) is 0 Å². The number of piperidine rings is 1. The molecule has 7 nitrogen and oxygen atoms in total. The molecule has 1 aliphatic heterocycles. The number of likely N-dealkylation sites (N-methyl/N-ethyl adjacent to an activating group) is 1. The van der Waals surface area contributed by atoms with E-state index in [1.807, 2.05) is 0 Å².